The Balaban J connectivity index is 1.28. The molecule has 2 aromatic rings. The van der Waals surface area contributed by atoms with E-state index in [2.05, 4.69) is 20.6 Å². The largest absolute Gasteiger partial charge is 0.465 e. The second kappa shape index (κ2) is 20.6. The van der Waals surface area contributed by atoms with Crippen LogP contribution in [-0.2, 0) is 35.1 Å². The van der Waals surface area contributed by atoms with Crippen molar-refractivity contribution < 1.29 is 38.6 Å². The number of carbonyl (C=O) groups is 5. The molecule has 5 amide bonds. The number of aromatic nitrogens is 2. The number of hydrogen-bond donors (Lipinski definition) is 3. The summed E-state index contributed by atoms with van der Waals surface area (Å²) in [5.41, 5.74) is 1.02. The van der Waals surface area contributed by atoms with E-state index in [4.69, 9.17) is 9.47 Å². The lowest BCUT2D eigenvalue weighted by atomic mass is 9.89. The summed E-state index contributed by atoms with van der Waals surface area (Å²) in [5.74, 6) is -1.76. The second-order valence-corrected chi connectivity index (χ2v) is 17.0. The number of fused-ring (bicyclic) bond motifs is 2. The Morgan fingerprint density at radius 2 is 1.64 bits per heavy atom. The Morgan fingerprint density at radius 3 is 2.25 bits per heavy atom. The number of nitrogens with one attached hydrogen (secondary N) is 2. The van der Waals surface area contributed by atoms with E-state index in [0.717, 1.165) is 24.8 Å². The standard InChI is InChI=1S/C44H65N7O8/c1-9-27(4)37(49(6)43(55)36(26(2)3)48-42(54)38-30-18-19-31(24-30)51(38)44(56)57)34(58-7)25-35(52)50-22-13-17-33(50)39(59-8)28(5)41(53)47-32(40-45-20-14-21-46-40)23-29-15-11-10-12-16-29/h10-12,14-16,20-21,26-28,30-34,36-39H,9,13,17-19,22-25H2,1-8H3,(H,47,53)(H,48,54)(H,56,57)/t27-,28+,30-,31+,32+,33-,34+,36-,37-,38-,39+/m0/s1. The maximum atomic E-state index is 14.4. The summed E-state index contributed by atoms with van der Waals surface area (Å²) in [6.45, 7) is 10.0. The van der Waals surface area contributed by atoms with Gasteiger partial charge in [-0.2, -0.15) is 0 Å². The van der Waals surface area contributed by atoms with Crippen LogP contribution in [0.1, 0.15) is 97.0 Å². The van der Waals surface area contributed by atoms with E-state index < -0.39 is 54.3 Å². The van der Waals surface area contributed by atoms with Crippen molar-refractivity contribution in [1.29, 1.82) is 0 Å². The molecular weight excluding hydrogens is 755 g/mol. The van der Waals surface area contributed by atoms with Crippen LogP contribution >= 0.6 is 0 Å². The van der Waals surface area contributed by atoms with Crippen LogP contribution in [0.5, 0.6) is 0 Å². The molecule has 59 heavy (non-hydrogen) atoms. The van der Waals surface area contributed by atoms with Gasteiger partial charge in [0.15, 0.2) is 5.82 Å². The van der Waals surface area contributed by atoms with Gasteiger partial charge in [-0.1, -0.05) is 71.4 Å². The van der Waals surface area contributed by atoms with Gasteiger partial charge < -0.3 is 35.0 Å². The highest BCUT2D eigenvalue weighted by Crippen LogP contribution is 2.42. The van der Waals surface area contributed by atoms with Gasteiger partial charge >= 0.3 is 6.09 Å². The normalized spacial score (nSPS) is 23.5. The lowest BCUT2D eigenvalue weighted by Crippen LogP contribution is -2.60. The second-order valence-electron chi connectivity index (χ2n) is 17.0. The molecule has 2 saturated heterocycles. The third kappa shape index (κ3) is 10.4. The molecule has 324 valence electrons. The molecule has 3 aliphatic rings. The molecule has 5 rings (SSSR count). The molecule has 2 bridgehead atoms. The van der Waals surface area contributed by atoms with Crippen molar-refractivity contribution in [2.45, 2.75) is 134 Å². The van der Waals surface area contributed by atoms with Crippen LogP contribution in [0.15, 0.2) is 48.8 Å². The van der Waals surface area contributed by atoms with E-state index in [-0.39, 0.29) is 54.0 Å². The molecule has 1 aromatic carbocycles. The Hall–Kier alpha value is -4.63. The van der Waals surface area contributed by atoms with Crippen LogP contribution < -0.4 is 10.6 Å². The molecule has 0 radical (unpaired) electrons. The molecule has 3 heterocycles. The summed E-state index contributed by atoms with van der Waals surface area (Å²) >= 11 is 0. The number of benzene rings is 1. The number of likely N-dealkylation sites (tertiary alicyclic amines) is 2. The van der Waals surface area contributed by atoms with E-state index in [1.165, 1.54) is 12.0 Å². The summed E-state index contributed by atoms with van der Waals surface area (Å²) in [4.78, 5) is 82.1. The van der Waals surface area contributed by atoms with Gasteiger partial charge in [0.25, 0.3) is 0 Å². The fourth-order valence-corrected chi connectivity index (χ4v) is 9.73. The fraction of sp³-hybridized carbons (Fsp3) is 0.659. The van der Waals surface area contributed by atoms with E-state index >= 15 is 0 Å². The van der Waals surface area contributed by atoms with Crippen LogP contribution in [0, 0.1) is 23.7 Å². The van der Waals surface area contributed by atoms with Crippen LogP contribution in [0.25, 0.3) is 0 Å². The first kappa shape index (κ1) is 45.5. The van der Waals surface area contributed by atoms with Gasteiger partial charge in [0.1, 0.15) is 12.1 Å². The van der Waals surface area contributed by atoms with E-state index in [0.29, 0.717) is 38.1 Å². The third-order valence-corrected chi connectivity index (χ3v) is 13.1. The van der Waals surface area contributed by atoms with Crippen molar-refractivity contribution in [3.8, 4) is 0 Å². The quantitative estimate of drug-likeness (QED) is 0.183. The molecule has 1 aliphatic carbocycles. The zero-order valence-electron chi connectivity index (χ0n) is 36.0. The molecule has 3 fully saturated rings. The minimum Gasteiger partial charge on any atom is -0.465 e. The smallest absolute Gasteiger partial charge is 0.408 e. The summed E-state index contributed by atoms with van der Waals surface area (Å²) in [6, 6.07) is 8.26. The van der Waals surface area contributed by atoms with Crippen molar-refractivity contribution >= 4 is 29.7 Å². The van der Waals surface area contributed by atoms with E-state index in [1.807, 2.05) is 65.0 Å². The van der Waals surface area contributed by atoms with Crippen molar-refractivity contribution in [3.63, 3.8) is 0 Å². The number of amides is 5. The van der Waals surface area contributed by atoms with Crippen molar-refractivity contribution in [2.75, 3.05) is 27.8 Å². The number of likely N-dealkylation sites (N-methyl/N-ethyl adjacent to an activating group) is 1. The van der Waals surface area contributed by atoms with Gasteiger partial charge in [-0.05, 0) is 67.9 Å². The topological polar surface area (TPSA) is 184 Å². The van der Waals surface area contributed by atoms with Gasteiger partial charge in [-0.3, -0.25) is 24.1 Å². The van der Waals surface area contributed by atoms with Crippen molar-refractivity contribution in [3.05, 3.63) is 60.2 Å². The molecular formula is C44H65N7O8. The van der Waals surface area contributed by atoms with E-state index in [9.17, 15) is 29.1 Å². The maximum absolute atomic E-state index is 14.4. The number of ether oxygens (including phenoxy) is 2. The Kier molecular flexibility index (Phi) is 15.8. The number of carbonyl (C=O) groups excluding carboxylic acids is 4. The average molecular weight is 820 g/mol. The summed E-state index contributed by atoms with van der Waals surface area (Å²) in [5, 5.41) is 16.0. The SMILES string of the molecule is CC[C@H](C)[C@@H]([C@@H](CC(=O)N1CCC[C@H]1[C@H](OC)[C@@H](C)C(=O)N[C@H](Cc1ccccc1)c1ncccn1)OC)N(C)C(=O)[C@@H](NC(=O)[C@@H]1[C@H]2CC[C@H](C2)N1C(=O)O)C(C)C. The molecule has 15 heteroatoms. The first-order chi connectivity index (χ1) is 28.2. The molecule has 1 aromatic heterocycles. The molecule has 11 atom stereocenters. The van der Waals surface area contributed by atoms with Crippen molar-refractivity contribution in [1.82, 2.24) is 35.3 Å². The van der Waals surface area contributed by atoms with Crippen LogP contribution in [-0.4, -0.2) is 130 Å². The number of piperidine rings is 1. The maximum Gasteiger partial charge on any atom is 0.408 e. The number of rotatable bonds is 19. The monoisotopic (exact) mass is 819 g/mol. The molecule has 15 nitrogen and oxygen atoms in total. The van der Waals surface area contributed by atoms with Gasteiger partial charge in [-0.15, -0.1) is 0 Å². The summed E-state index contributed by atoms with van der Waals surface area (Å²) < 4.78 is 12.1. The first-order valence-electron chi connectivity index (χ1n) is 21.3. The van der Waals surface area contributed by atoms with Gasteiger partial charge in [0.05, 0.1) is 42.7 Å². The van der Waals surface area contributed by atoms with Crippen LogP contribution in [0.4, 0.5) is 4.79 Å². The highest BCUT2D eigenvalue weighted by atomic mass is 16.5. The lowest BCUT2D eigenvalue weighted by Gasteiger charge is -2.41. The first-order valence-corrected chi connectivity index (χ1v) is 21.3. The number of methoxy groups -OCH3 is 2. The summed E-state index contributed by atoms with van der Waals surface area (Å²) in [6.07, 6.45) is 5.63. The Bertz CT molecular complexity index is 1730. The highest BCUT2D eigenvalue weighted by Gasteiger charge is 2.52. The highest BCUT2D eigenvalue weighted by molar-refractivity contribution is 5.92. The minimum atomic E-state index is -1.12. The predicted octanol–water partition coefficient (Wildman–Crippen LogP) is 4.47. The zero-order chi connectivity index (χ0) is 43.0. The molecule has 0 spiro atoms. The fourth-order valence-electron chi connectivity index (χ4n) is 9.73. The molecule has 0 unspecified atom stereocenters. The molecule has 1 saturated carbocycles. The van der Waals surface area contributed by atoms with Crippen molar-refractivity contribution in [2.24, 2.45) is 23.7 Å². The van der Waals surface area contributed by atoms with Gasteiger partial charge in [-0.25, -0.2) is 14.8 Å². The average Bonchev–Trinajstić information content (AvgIpc) is 4.00. The third-order valence-electron chi connectivity index (χ3n) is 13.1. The Morgan fingerprint density at radius 1 is 0.949 bits per heavy atom. The van der Waals surface area contributed by atoms with Crippen LogP contribution in [0.2, 0.25) is 0 Å². The molecule has 2 aliphatic heterocycles. The van der Waals surface area contributed by atoms with Crippen LogP contribution in [0.3, 0.4) is 0 Å². The van der Waals surface area contributed by atoms with Gasteiger partial charge in [0, 0.05) is 46.2 Å². The minimum absolute atomic E-state index is 0.0153. The lowest BCUT2D eigenvalue weighted by molar-refractivity contribution is -0.148. The number of nitrogens with zero attached hydrogens (tertiary/aromatic N) is 5. The zero-order valence-corrected chi connectivity index (χ0v) is 36.0. The summed E-state index contributed by atoms with van der Waals surface area (Å²) in [7, 11) is 4.79. The van der Waals surface area contributed by atoms with Gasteiger partial charge in [0.2, 0.25) is 23.6 Å². The number of hydrogen-bond acceptors (Lipinski definition) is 9. The Labute approximate surface area is 349 Å². The predicted molar refractivity (Wildman–Crippen MR) is 221 cm³/mol. The number of carboxylic acid groups (broad SMARTS) is 1. The van der Waals surface area contributed by atoms with E-state index in [1.54, 1.807) is 42.4 Å². The molecule has 3 N–H and O–H groups in total.